The number of alkyl halides is 6. The molecule has 0 spiro atoms. The first kappa shape index (κ1) is 47.9. The molecule has 3 aliphatic heterocycles. The van der Waals surface area contributed by atoms with Gasteiger partial charge < -0.3 is 9.47 Å². The van der Waals surface area contributed by atoms with Gasteiger partial charge in [-0.3, -0.25) is 0 Å². The van der Waals surface area contributed by atoms with Gasteiger partial charge in [-0.1, -0.05) is 156 Å². The van der Waals surface area contributed by atoms with E-state index in [9.17, 15) is 26.3 Å². The highest BCUT2D eigenvalue weighted by Crippen LogP contribution is 2.63. The van der Waals surface area contributed by atoms with Crippen LogP contribution >= 0.6 is 0 Å². The molecular formula is C62H62F6O2. The number of ether oxygens (including phenoxy) is 2. The molecule has 0 radical (unpaired) electrons. The normalized spacial score (nSPS) is 19.2. The molecule has 8 heteroatoms. The van der Waals surface area contributed by atoms with Crippen molar-refractivity contribution >= 4 is 11.8 Å². The van der Waals surface area contributed by atoms with Crippen molar-refractivity contribution in [3.8, 4) is 11.5 Å². The zero-order chi connectivity index (χ0) is 50.4. The Bertz CT molecular complexity index is 3120. The van der Waals surface area contributed by atoms with E-state index in [1.54, 1.807) is 12.1 Å². The Labute approximate surface area is 409 Å². The van der Waals surface area contributed by atoms with E-state index >= 15 is 0 Å². The van der Waals surface area contributed by atoms with Crippen LogP contribution in [0.15, 0.2) is 97.1 Å². The number of hydrogen-bond acceptors (Lipinski definition) is 2. The van der Waals surface area contributed by atoms with Gasteiger partial charge in [-0.15, -0.1) is 0 Å². The zero-order valence-corrected chi connectivity index (χ0v) is 42.3. The number of hydrogen-bond donors (Lipinski definition) is 0. The molecule has 364 valence electrons. The Balaban J connectivity index is 1.34. The van der Waals surface area contributed by atoms with Gasteiger partial charge in [0.05, 0.1) is 11.1 Å². The second kappa shape index (κ2) is 15.9. The van der Waals surface area contributed by atoms with Crippen LogP contribution in [0.4, 0.5) is 26.3 Å². The lowest BCUT2D eigenvalue weighted by Gasteiger charge is -2.36. The summed E-state index contributed by atoms with van der Waals surface area (Å²) in [5.41, 5.74) is 13.7. The lowest BCUT2D eigenvalue weighted by atomic mass is 9.74. The summed E-state index contributed by atoms with van der Waals surface area (Å²) in [6.45, 7) is 26.5. The maximum absolute atomic E-state index is 14.1. The fourth-order valence-corrected chi connectivity index (χ4v) is 11.2. The van der Waals surface area contributed by atoms with Gasteiger partial charge in [0.15, 0.2) is 0 Å². The van der Waals surface area contributed by atoms with Crippen LogP contribution in [0.25, 0.3) is 11.8 Å². The van der Waals surface area contributed by atoms with Crippen molar-refractivity contribution in [2.75, 3.05) is 0 Å². The molecule has 0 unspecified atom stereocenters. The van der Waals surface area contributed by atoms with E-state index in [1.807, 2.05) is 6.08 Å². The minimum atomic E-state index is -4.48. The Morgan fingerprint density at radius 3 is 1.31 bits per heavy atom. The van der Waals surface area contributed by atoms with Crippen molar-refractivity contribution in [3.05, 3.63) is 197 Å². The van der Waals surface area contributed by atoms with Crippen molar-refractivity contribution in [3.63, 3.8) is 0 Å². The van der Waals surface area contributed by atoms with Crippen LogP contribution in [-0.2, 0) is 53.3 Å². The average Bonchev–Trinajstić information content (AvgIpc) is 3.36. The van der Waals surface area contributed by atoms with Crippen molar-refractivity contribution in [1.82, 2.24) is 0 Å². The molecule has 6 aromatic carbocycles. The molecule has 1 aliphatic carbocycles. The van der Waals surface area contributed by atoms with Crippen LogP contribution in [0.3, 0.4) is 0 Å². The number of rotatable bonds is 2. The lowest BCUT2D eigenvalue weighted by Crippen LogP contribution is -2.25. The molecule has 0 amide bonds. The van der Waals surface area contributed by atoms with Crippen molar-refractivity contribution in [2.45, 2.75) is 154 Å². The van der Waals surface area contributed by atoms with Gasteiger partial charge in [0.1, 0.15) is 23.4 Å². The second-order valence-corrected chi connectivity index (χ2v) is 24.4. The van der Waals surface area contributed by atoms with Crippen molar-refractivity contribution < 1.29 is 35.8 Å². The van der Waals surface area contributed by atoms with Gasteiger partial charge >= 0.3 is 12.4 Å². The van der Waals surface area contributed by atoms with E-state index in [0.717, 1.165) is 107 Å². The third-order valence-corrected chi connectivity index (χ3v) is 15.1. The largest absolute Gasteiger partial charge is 0.484 e. The van der Waals surface area contributed by atoms with E-state index < -0.39 is 29.6 Å². The quantitative estimate of drug-likeness (QED) is 0.161. The molecule has 0 aromatic heterocycles. The molecule has 10 rings (SSSR count). The van der Waals surface area contributed by atoms with Crippen LogP contribution in [0.1, 0.15) is 201 Å². The smallest absolute Gasteiger partial charge is 0.416 e. The summed E-state index contributed by atoms with van der Waals surface area (Å²) >= 11 is 0. The maximum atomic E-state index is 14.1. The molecule has 3 heterocycles. The highest BCUT2D eigenvalue weighted by atomic mass is 19.4. The van der Waals surface area contributed by atoms with Gasteiger partial charge in [0.25, 0.3) is 0 Å². The standard InChI is InChI=1S/C62H62F6O2/c1-57(2,3)43-25-35-22-38-28-44(58(4,5)6)29-39-24-37-27-45(59(7,8)9)31-47-51(37)56-52(34-15-19-42(20-16-34)62(66,67)68)53(47)48-32-46(60(10,11)12)30-40(55(48)70-56)23-36(26-43)50(35)49(69-54(38)39)21-33-13-17-41(18-14-33)61(63,64)65/h13-21,25-32,52-53,56H,22-24H2,1-12H3/b49-21+/t52-,53-,56-/m0/s1. The fraction of sp³-hybridized carbons (Fsp3) is 0.387. The maximum Gasteiger partial charge on any atom is 0.416 e. The first-order valence-corrected chi connectivity index (χ1v) is 24.5. The summed E-state index contributed by atoms with van der Waals surface area (Å²) in [4.78, 5) is 0. The topological polar surface area (TPSA) is 18.5 Å². The molecule has 2 nitrogen and oxygen atoms in total. The minimum Gasteiger partial charge on any atom is -0.484 e. The molecule has 0 N–H and O–H groups in total. The highest BCUT2D eigenvalue weighted by Gasteiger charge is 2.51. The number of fused-ring (bicyclic) bond motifs is 4. The van der Waals surface area contributed by atoms with Crippen LogP contribution in [-0.4, -0.2) is 0 Å². The summed E-state index contributed by atoms with van der Waals surface area (Å²) < 4.78 is 99.2. The summed E-state index contributed by atoms with van der Waals surface area (Å²) in [5.74, 6) is 1.51. The van der Waals surface area contributed by atoms with Gasteiger partial charge in [0, 0.05) is 47.8 Å². The lowest BCUT2D eigenvalue weighted by molar-refractivity contribution is -0.138. The summed E-state index contributed by atoms with van der Waals surface area (Å²) in [5, 5.41) is 0. The second-order valence-electron chi connectivity index (χ2n) is 24.4. The summed E-state index contributed by atoms with van der Waals surface area (Å²) in [6, 6.07) is 29.2. The molecule has 3 atom stereocenters. The van der Waals surface area contributed by atoms with Crippen LogP contribution < -0.4 is 9.47 Å². The third kappa shape index (κ3) is 8.45. The minimum absolute atomic E-state index is 0.237. The fourth-order valence-electron chi connectivity index (χ4n) is 11.2. The Kier molecular flexibility index (Phi) is 10.9. The van der Waals surface area contributed by atoms with Crippen molar-refractivity contribution in [1.29, 1.82) is 0 Å². The summed E-state index contributed by atoms with van der Waals surface area (Å²) in [6.07, 6.45) is -6.12. The summed E-state index contributed by atoms with van der Waals surface area (Å²) in [7, 11) is 0. The van der Waals surface area contributed by atoms with E-state index in [0.29, 0.717) is 30.6 Å². The molecule has 5 bridgehead atoms. The first-order valence-electron chi connectivity index (χ1n) is 24.5. The molecule has 4 aliphatic rings. The van der Waals surface area contributed by atoms with E-state index in [4.69, 9.17) is 9.47 Å². The molecule has 0 saturated carbocycles. The van der Waals surface area contributed by atoms with E-state index in [1.165, 1.54) is 24.3 Å². The van der Waals surface area contributed by atoms with Crippen LogP contribution in [0.5, 0.6) is 11.5 Å². The molecule has 0 fully saturated rings. The predicted molar refractivity (Wildman–Crippen MR) is 268 cm³/mol. The van der Waals surface area contributed by atoms with Gasteiger partial charge in [-0.05, 0) is 124 Å². The van der Waals surface area contributed by atoms with E-state index in [2.05, 4.69) is 132 Å². The molecule has 6 aromatic rings. The zero-order valence-electron chi connectivity index (χ0n) is 42.3. The molecule has 70 heavy (non-hydrogen) atoms. The third-order valence-electron chi connectivity index (χ3n) is 15.1. The Morgan fingerprint density at radius 1 is 0.443 bits per heavy atom. The predicted octanol–water partition coefficient (Wildman–Crippen LogP) is 17.3. The van der Waals surface area contributed by atoms with Gasteiger partial charge in [-0.2, -0.15) is 26.3 Å². The SMILES string of the molecule is CC(C)(C)c1cc2c3c(c1)Cc1cc(C(C)(C)C)cc4c1[C@@H]1Oc5c(cc(C(C)(C)C)cc5[C@H]4[C@@H]1c1ccc(C(F)(F)F)cc1)Cc1cc(C(C)(C)C)cc(c1/C(=C\c1ccc(C(F)(F)F)cc1)O3)C2. The monoisotopic (exact) mass is 952 g/mol. The van der Waals surface area contributed by atoms with Gasteiger partial charge in [0.2, 0.25) is 0 Å². The average molecular weight is 953 g/mol. The van der Waals surface area contributed by atoms with Crippen molar-refractivity contribution in [2.24, 2.45) is 0 Å². The first-order chi connectivity index (χ1) is 32.4. The van der Waals surface area contributed by atoms with E-state index in [-0.39, 0.29) is 33.5 Å². The molecule has 0 saturated heterocycles. The highest BCUT2D eigenvalue weighted by molar-refractivity contribution is 5.84. The van der Waals surface area contributed by atoms with Gasteiger partial charge in [-0.25, -0.2) is 0 Å². The number of halogens is 6. The van der Waals surface area contributed by atoms with Crippen LogP contribution in [0, 0.1) is 0 Å². The molecular weight excluding hydrogens is 891 g/mol. The number of benzene rings is 6. The van der Waals surface area contributed by atoms with Crippen LogP contribution in [0.2, 0.25) is 0 Å². The Hall–Kier alpha value is -5.76. The Morgan fingerprint density at radius 2 is 0.843 bits per heavy atom.